The van der Waals surface area contributed by atoms with Crippen molar-refractivity contribution in [2.45, 2.75) is 0 Å². The van der Waals surface area contributed by atoms with Crippen molar-refractivity contribution in [3.05, 3.63) is 59.7 Å². The predicted molar refractivity (Wildman–Crippen MR) is 67.0 cm³/mol. The molecule has 2 nitrogen and oxygen atoms in total. The van der Waals surface area contributed by atoms with E-state index < -0.39 is 11.6 Å². The van der Waals surface area contributed by atoms with Gasteiger partial charge in [0.15, 0.2) is 11.4 Å². The number of hydrogen-bond acceptors (Lipinski definition) is 2. The third kappa shape index (κ3) is 2.01. The van der Waals surface area contributed by atoms with Crippen LogP contribution in [-0.4, -0.2) is 6.29 Å². The first-order valence-electron chi connectivity index (χ1n) is 5.61. The van der Waals surface area contributed by atoms with Gasteiger partial charge in [0.05, 0.1) is 0 Å². The lowest BCUT2D eigenvalue weighted by atomic mass is 10.1. The molecule has 3 aromatic rings. The fraction of sp³-hybridized carbons (Fsp3) is 0. The van der Waals surface area contributed by atoms with Gasteiger partial charge in [0, 0.05) is 16.5 Å². The van der Waals surface area contributed by atoms with Crippen LogP contribution in [0.3, 0.4) is 0 Å². The fourth-order valence-corrected chi connectivity index (χ4v) is 1.98. The van der Waals surface area contributed by atoms with Gasteiger partial charge in [-0.2, -0.15) is 0 Å². The molecule has 0 radical (unpaired) electrons. The predicted octanol–water partition coefficient (Wildman–Crippen LogP) is 4.19. The van der Waals surface area contributed by atoms with Gasteiger partial charge in [-0.1, -0.05) is 12.1 Å². The topological polar surface area (TPSA) is 30.2 Å². The van der Waals surface area contributed by atoms with Crippen molar-refractivity contribution < 1.29 is 18.0 Å². The first-order valence-corrected chi connectivity index (χ1v) is 5.61. The van der Waals surface area contributed by atoms with Gasteiger partial charge in [-0.3, -0.25) is 4.79 Å². The van der Waals surface area contributed by atoms with Gasteiger partial charge >= 0.3 is 0 Å². The van der Waals surface area contributed by atoms with E-state index in [1.807, 2.05) is 0 Å². The molecule has 0 aliphatic heterocycles. The van der Waals surface area contributed by atoms with Crippen molar-refractivity contribution >= 4 is 17.3 Å². The largest absolute Gasteiger partial charge is 0.453 e. The average molecular weight is 258 g/mol. The van der Waals surface area contributed by atoms with Crippen LogP contribution in [0, 0.1) is 11.6 Å². The number of benzene rings is 2. The van der Waals surface area contributed by atoms with Crippen LogP contribution in [0.4, 0.5) is 8.78 Å². The molecular weight excluding hydrogens is 250 g/mol. The Kier molecular flexibility index (Phi) is 2.63. The lowest BCUT2D eigenvalue weighted by molar-refractivity contribution is 0.112. The van der Waals surface area contributed by atoms with Gasteiger partial charge in [0.2, 0.25) is 0 Å². The molecule has 0 aliphatic carbocycles. The summed E-state index contributed by atoms with van der Waals surface area (Å²) in [4.78, 5) is 10.7. The molecule has 1 heterocycles. The minimum Gasteiger partial charge on any atom is -0.453 e. The minimum absolute atomic E-state index is 0.0601. The van der Waals surface area contributed by atoms with Crippen molar-refractivity contribution in [2.24, 2.45) is 0 Å². The lowest BCUT2D eigenvalue weighted by Gasteiger charge is -1.95. The molecule has 0 spiro atoms. The van der Waals surface area contributed by atoms with Crippen LogP contribution in [0.2, 0.25) is 0 Å². The molecule has 0 aliphatic rings. The third-order valence-electron chi connectivity index (χ3n) is 2.84. The van der Waals surface area contributed by atoms with E-state index in [9.17, 15) is 13.6 Å². The first kappa shape index (κ1) is 11.6. The second-order valence-electron chi connectivity index (χ2n) is 4.16. The number of halogens is 2. The van der Waals surface area contributed by atoms with Gasteiger partial charge in [-0.25, -0.2) is 8.78 Å². The summed E-state index contributed by atoms with van der Waals surface area (Å²) >= 11 is 0. The molecule has 2 aromatic carbocycles. The van der Waals surface area contributed by atoms with Crippen molar-refractivity contribution in [2.75, 3.05) is 0 Å². The second-order valence-corrected chi connectivity index (χ2v) is 4.16. The molecule has 19 heavy (non-hydrogen) atoms. The maximum Gasteiger partial charge on any atom is 0.170 e. The number of aldehydes is 1. The van der Waals surface area contributed by atoms with Crippen molar-refractivity contribution in [1.29, 1.82) is 0 Å². The van der Waals surface area contributed by atoms with Crippen LogP contribution >= 0.6 is 0 Å². The van der Waals surface area contributed by atoms with Crippen molar-refractivity contribution in [3.8, 4) is 11.3 Å². The first-order chi connectivity index (χ1) is 9.17. The van der Waals surface area contributed by atoms with E-state index in [1.54, 1.807) is 18.2 Å². The highest BCUT2D eigenvalue weighted by Gasteiger charge is 2.12. The number of rotatable bonds is 2. The van der Waals surface area contributed by atoms with Gasteiger partial charge in [-0.15, -0.1) is 0 Å². The SMILES string of the molecule is O=Cc1cc(F)c2oc(-c3cccc(F)c3)cc2c1. The summed E-state index contributed by atoms with van der Waals surface area (Å²) in [5.74, 6) is -0.647. The van der Waals surface area contributed by atoms with Gasteiger partial charge in [0.25, 0.3) is 0 Å². The summed E-state index contributed by atoms with van der Waals surface area (Å²) in [5.41, 5.74) is 0.810. The van der Waals surface area contributed by atoms with Crippen LogP contribution in [0.25, 0.3) is 22.3 Å². The highest BCUT2D eigenvalue weighted by atomic mass is 19.1. The molecule has 0 fully saturated rings. The molecule has 1 aromatic heterocycles. The van der Waals surface area contributed by atoms with E-state index in [0.717, 1.165) is 6.07 Å². The average Bonchev–Trinajstić information content (AvgIpc) is 2.83. The molecule has 0 unspecified atom stereocenters. The molecule has 0 amide bonds. The number of carbonyl (C=O) groups is 1. The van der Waals surface area contributed by atoms with Gasteiger partial charge in [0.1, 0.15) is 17.9 Å². The van der Waals surface area contributed by atoms with E-state index in [0.29, 0.717) is 23.0 Å². The third-order valence-corrected chi connectivity index (χ3v) is 2.84. The Morgan fingerprint density at radius 1 is 1.05 bits per heavy atom. The summed E-state index contributed by atoms with van der Waals surface area (Å²) in [6.07, 6.45) is 0.567. The Morgan fingerprint density at radius 3 is 2.63 bits per heavy atom. The molecule has 94 valence electrons. The number of hydrogen-bond donors (Lipinski definition) is 0. The smallest absolute Gasteiger partial charge is 0.170 e. The maximum absolute atomic E-state index is 13.7. The zero-order valence-corrected chi connectivity index (χ0v) is 9.69. The molecule has 0 atom stereocenters. The summed E-state index contributed by atoms with van der Waals surface area (Å²) in [6, 6.07) is 10.0. The van der Waals surface area contributed by atoms with Gasteiger partial charge in [-0.05, 0) is 30.3 Å². The van der Waals surface area contributed by atoms with Crippen LogP contribution in [-0.2, 0) is 0 Å². The molecule has 3 rings (SSSR count). The number of fused-ring (bicyclic) bond motifs is 1. The quantitative estimate of drug-likeness (QED) is 0.645. The van der Waals surface area contributed by atoms with Crippen LogP contribution in [0.15, 0.2) is 46.9 Å². The Bertz CT molecular complexity index is 775. The van der Waals surface area contributed by atoms with Crippen molar-refractivity contribution in [3.63, 3.8) is 0 Å². The van der Waals surface area contributed by atoms with Gasteiger partial charge < -0.3 is 4.42 Å². The summed E-state index contributed by atoms with van der Waals surface area (Å²) < 4.78 is 32.2. The summed E-state index contributed by atoms with van der Waals surface area (Å²) in [7, 11) is 0. The number of carbonyl (C=O) groups excluding carboxylic acids is 1. The Hall–Kier alpha value is -2.49. The van der Waals surface area contributed by atoms with E-state index >= 15 is 0 Å². The highest BCUT2D eigenvalue weighted by molar-refractivity contribution is 5.89. The van der Waals surface area contributed by atoms with E-state index in [4.69, 9.17) is 4.42 Å². The standard InChI is InChI=1S/C15H8F2O2/c16-12-3-1-2-10(6-12)14-7-11-4-9(8-18)5-13(17)15(11)19-14/h1-8H. The molecular formula is C15H8F2O2. The summed E-state index contributed by atoms with van der Waals surface area (Å²) in [6.45, 7) is 0. The second kappa shape index (κ2) is 4.31. The maximum atomic E-state index is 13.7. The fourth-order valence-electron chi connectivity index (χ4n) is 1.98. The zero-order valence-electron chi connectivity index (χ0n) is 9.69. The minimum atomic E-state index is -0.609. The van der Waals surface area contributed by atoms with Crippen LogP contribution in [0.1, 0.15) is 10.4 Å². The Labute approximate surface area is 107 Å². The molecule has 0 bridgehead atoms. The van der Waals surface area contributed by atoms with E-state index in [2.05, 4.69) is 0 Å². The van der Waals surface area contributed by atoms with Crippen LogP contribution in [0.5, 0.6) is 0 Å². The zero-order chi connectivity index (χ0) is 13.4. The molecule has 0 saturated carbocycles. The monoisotopic (exact) mass is 258 g/mol. The highest BCUT2D eigenvalue weighted by Crippen LogP contribution is 2.30. The number of furan rings is 1. The van der Waals surface area contributed by atoms with E-state index in [-0.39, 0.29) is 11.1 Å². The normalized spacial score (nSPS) is 10.8. The Morgan fingerprint density at radius 2 is 1.89 bits per heavy atom. The van der Waals surface area contributed by atoms with E-state index in [1.165, 1.54) is 18.2 Å². The van der Waals surface area contributed by atoms with Crippen molar-refractivity contribution in [1.82, 2.24) is 0 Å². The van der Waals surface area contributed by atoms with Crippen LogP contribution < -0.4 is 0 Å². The summed E-state index contributed by atoms with van der Waals surface area (Å²) in [5, 5.41) is 0.473. The Balaban J connectivity index is 2.21. The molecule has 0 saturated heterocycles. The molecule has 4 heteroatoms. The lowest BCUT2D eigenvalue weighted by Crippen LogP contribution is -1.82. The molecule has 0 N–H and O–H groups in total.